The van der Waals surface area contributed by atoms with Gasteiger partial charge >= 0.3 is 17.9 Å². The molecule has 7 nitrogen and oxygen atoms in total. The molecular weight excluding hydrogens is 400 g/mol. The lowest BCUT2D eigenvalue weighted by atomic mass is 10.1. The maximum atomic E-state index is 12.0. The van der Waals surface area contributed by atoms with Crippen LogP contribution in [0.25, 0.3) is 0 Å². The molecule has 0 heterocycles. The summed E-state index contributed by atoms with van der Waals surface area (Å²) >= 11 is 0. The van der Waals surface area contributed by atoms with Gasteiger partial charge in [0.2, 0.25) is 0 Å². The van der Waals surface area contributed by atoms with Crippen LogP contribution >= 0.6 is 0 Å². The minimum atomic E-state index is -0.735. The molecule has 0 saturated heterocycles. The van der Waals surface area contributed by atoms with Gasteiger partial charge in [-0.2, -0.15) is 0 Å². The molecule has 0 unspecified atom stereocenters. The molecule has 0 spiro atoms. The highest BCUT2D eigenvalue weighted by Crippen LogP contribution is 2.06. The first kappa shape index (κ1) is 24.1. The predicted molar refractivity (Wildman–Crippen MR) is 113 cm³/mol. The normalized spacial score (nSPS) is 10.5. The highest BCUT2D eigenvalue weighted by Gasteiger charge is 2.16. The average molecular weight is 428 g/mol. The van der Waals surface area contributed by atoms with Crippen LogP contribution in [-0.2, 0) is 46.2 Å². The number of carbonyl (C=O) groups excluding carboxylic acids is 3. The predicted octanol–water partition coefficient (Wildman–Crippen LogP) is 3.24. The van der Waals surface area contributed by atoms with Gasteiger partial charge in [0.25, 0.3) is 0 Å². The van der Waals surface area contributed by atoms with E-state index in [1.54, 1.807) is 0 Å². The first-order valence-corrected chi connectivity index (χ1v) is 10.2. The highest BCUT2D eigenvalue weighted by atomic mass is 16.7. The summed E-state index contributed by atoms with van der Waals surface area (Å²) in [6, 6.07) is 19.2. The lowest BCUT2D eigenvalue weighted by Gasteiger charge is -2.18. The van der Waals surface area contributed by atoms with Crippen LogP contribution in [0.3, 0.4) is 0 Å². The number of esters is 3. The second kappa shape index (κ2) is 13.9. The minimum absolute atomic E-state index is 0.110. The standard InChI is InChI=1S/C24H28O7/c1-19(25)30-18-31-22(16-28-23(26)14-12-20-8-4-2-5-9-20)17-29-24(27)15-13-21-10-6-3-7-11-21/h2-11,22H,12-18H2,1H3. The Morgan fingerprint density at radius 3 is 1.58 bits per heavy atom. The average Bonchev–Trinajstić information content (AvgIpc) is 2.78. The zero-order valence-corrected chi connectivity index (χ0v) is 17.7. The van der Waals surface area contributed by atoms with Crippen LogP contribution < -0.4 is 0 Å². The lowest BCUT2D eigenvalue weighted by molar-refractivity contribution is -0.174. The van der Waals surface area contributed by atoms with E-state index in [4.69, 9.17) is 18.9 Å². The summed E-state index contributed by atoms with van der Waals surface area (Å²) in [4.78, 5) is 35.0. The summed E-state index contributed by atoms with van der Waals surface area (Å²) in [6.07, 6.45) is 0.829. The number of hydrogen-bond donors (Lipinski definition) is 0. The van der Waals surface area contributed by atoms with Crippen LogP contribution in [0.4, 0.5) is 0 Å². The van der Waals surface area contributed by atoms with Crippen LogP contribution in [0.5, 0.6) is 0 Å². The van der Waals surface area contributed by atoms with E-state index in [-0.39, 0.29) is 44.8 Å². The molecule has 0 bridgehead atoms. The number of benzene rings is 2. The monoisotopic (exact) mass is 428 g/mol. The lowest BCUT2D eigenvalue weighted by Crippen LogP contribution is -2.30. The second-order valence-corrected chi connectivity index (χ2v) is 6.88. The van der Waals surface area contributed by atoms with Crippen LogP contribution in [0, 0.1) is 0 Å². The van der Waals surface area contributed by atoms with Crippen molar-refractivity contribution in [3.05, 3.63) is 71.8 Å². The SMILES string of the molecule is CC(=O)OCOC(COC(=O)CCc1ccccc1)COC(=O)CCc1ccccc1. The van der Waals surface area contributed by atoms with E-state index in [0.717, 1.165) is 11.1 Å². The fraction of sp³-hybridized carbons (Fsp3) is 0.375. The van der Waals surface area contributed by atoms with Crippen molar-refractivity contribution in [1.82, 2.24) is 0 Å². The van der Waals surface area contributed by atoms with Gasteiger partial charge in [-0.05, 0) is 24.0 Å². The smallest absolute Gasteiger partial charge is 0.306 e. The molecular formula is C24H28O7. The summed E-state index contributed by atoms with van der Waals surface area (Å²) in [7, 11) is 0. The van der Waals surface area contributed by atoms with Crippen LogP contribution in [0.15, 0.2) is 60.7 Å². The van der Waals surface area contributed by atoms with Gasteiger partial charge in [0.05, 0.1) is 0 Å². The van der Waals surface area contributed by atoms with E-state index in [1.807, 2.05) is 60.7 Å². The number of ether oxygens (including phenoxy) is 4. The Morgan fingerprint density at radius 2 is 1.16 bits per heavy atom. The van der Waals surface area contributed by atoms with Gasteiger partial charge in [-0.3, -0.25) is 14.4 Å². The third-order valence-electron chi connectivity index (χ3n) is 4.35. The number of hydrogen-bond acceptors (Lipinski definition) is 7. The summed E-state index contributed by atoms with van der Waals surface area (Å²) in [5.74, 6) is -1.28. The quantitative estimate of drug-likeness (QED) is 0.275. The molecule has 0 fully saturated rings. The fourth-order valence-corrected chi connectivity index (χ4v) is 2.66. The van der Waals surface area contributed by atoms with Gasteiger partial charge in [0, 0.05) is 19.8 Å². The molecule has 0 aliphatic carbocycles. The summed E-state index contributed by atoms with van der Waals surface area (Å²) < 4.78 is 20.6. The summed E-state index contributed by atoms with van der Waals surface area (Å²) in [6.45, 7) is 0.719. The van der Waals surface area contributed by atoms with Crippen LogP contribution in [0.1, 0.15) is 30.9 Å². The van der Waals surface area contributed by atoms with E-state index in [9.17, 15) is 14.4 Å². The van der Waals surface area contributed by atoms with Crippen LogP contribution in [0.2, 0.25) is 0 Å². The van der Waals surface area contributed by atoms with Gasteiger partial charge in [-0.15, -0.1) is 0 Å². The molecule has 31 heavy (non-hydrogen) atoms. The van der Waals surface area contributed by atoms with Crippen molar-refractivity contribution in [3.63, 3.8) is 0 Å². The Kier molecular flexibility index (Phi) is 10.8. The Balaban J connectivity index is 1.73. The van der Waals surface area contributed by atoms with Crippen molar-refractivity contribution >= 4 is 17.9 Å². The second-order valence-electron chi connectivity index (χ2n) is 6.88. The number of aryl methyl sites for hydroxylation is 2. The van der Waals surface area contributed by atoms with Crippen molar-refractivity contribution in [3.8, 4) is 0 Å². The Morgan fingerprint density at radius 1 is 0.710 bits per heavy atom. The number of carbonyl (C=O) groups is 3. The summed E-state index contributed by atoms with van der Waals surface area (Å²) in [5.41, 5.74) is 2.07. The van der Waals surface area contributed by atoms with E-state index in [1.165, 1.54) is 6.92 Å². The molecule has 0 saturated carbocycles. The molecule has 0 aliphatic heterocycles. The molecule has 2 aromatic rings. The third kappa shape index (κ3) is 11.0. The topological polar surface area (TPSA) is 88.1 Å². The molecule has 7 heteroatoms. The molecule has 0 aromatic heterocycles. The van der Waals surface area contributed by atoms with Gasteiger partial charge in [0.15, 0.2) is 6.79 Å². The summed E-state index contributed by atoms with van der Waals surface area (Å²) in [5, 5.41) is 0. The number of rotatable bonds is 13. The van der Waals surface area contributed by atoms with Crippen molar-refractivity contribution in [1.29, 1.82) is 0 Å². The Labute approximate surface area is 182 Å². The Hall–Kier alpha value is -3.19. The maximum absolute atomic E-state index is 12.0. The van der Waals surface area contributed by atoms with E-state index in [0.29, 0.717) is 12.8 Å². The fourth-order valence-electron chi connectivity index (χ4n) is 2.66. The van der Waals surface area contributed by atoms with Gasteiger partial charge in [0.1, 0.15) is 19.3 Å². The van der Waals surface area contributed by atoms with Gasteiger partial charge < -0.3 is 18.9 Å². The van der Waals surface area contributed by atoms with E-state index in [2.05, 4.69) is 0 Å². The molecule has 2 aromatic carbocycles. The van der Waals surface area contributed by atoms with Crippen molar-refractivity contribution in [2.45, 2.75) is 38.7 Å². The molecule has 0 N–H and O–H groups in total. The molecule has 0 amide bonds. The zero-order chi connectivity index (χ0) is 22.3. The van der Waals surface area contributed by atoms with Crippen molar-refractivity contribution < 1.29 is 33.3 Å². The molecule has 0 atom stereocenters. The van der Waals surface area contributed by atoms with E-state index >= 15 is 0 Å². The molecule has 166 valence electrons. The molecule has 0 radical (unpaired) electrons. The van der Waals surface area contributed by atoms with Crippen LogP contribution in [-0.4, -0.2) is 44.0 Å². The highest BCUT2D eigenvalue weighted by molar-refractivity contribution is 5.70. The first-order chi connectivity index (χ1) is 15.0. The van der Waals surface area contributed by atoms with Gasteiger partial charge in [-0.25, -0.2) is 0 Å². The third-order valence-corrected chi connectivity index (χ3v) is 4.35. The Bertz CT molecular complexity index is 746. The largest absolute Gasteiger partial charge is 0.463 e. The zero-order valence-electron chi connectivity index (χ0n) is 17.7. The van der Waals surface area contributed by atoms with Crippen molar-refractivity contribution in [2.24, 2.45) is 0 Å². The van der Waals surface area contributed by atoms with Crippen molar-refractivity contribution in [2.75, 3.05) is 20.0 Å². The van der Waals surface area contributed by atoms with Gasteiger partial charge in [-0.1, -0.05) is 60.7 Å². The molecule has 2 rings (SSSR count). The minimum Gasteiger partial charge on any atom is -0.463 e. The maximum Gasteiger partial charge on any atom is 0.306 e. The van der Waals surface area contributed by atoms with E-state index < -0.39 is 12.1 Å². The first-order valence-electron chi connectivity index (χ1n) is 10.2. The molecule has 0 aliphatic rings.